The number of nitrogens with zero attached hydrogens (tertiary/aromatic N) is 2. The van der Waals surface area contributed by atoms with Crippen molar-refractivity contribution in [1.29, 1.82) is 0 Å². The van der Waals surface area contributed by atoms with Gasteiger partial charge in [-0.2, -0.15) is 0 Å². The Balaban J connectivity index is 1.54. The zero-order valence-electron chi connectivity index (χ0n) is 18.4. The smallest absolute Gasteiger partial charge is 0.258 e. The van der Waals surface area contributed by atoms with Gasteiger partial charge in [-0.05, 0) is 43.7 Å². The molecule has 2 N–H and O–H groups in total. The number of carbonyl (C=O) groups excluding carboxylic acids is 2. The molecular formula is C23H32N4O2S2. The molecule has 1 aromatic heterocycles. The molecule has 3 rings (SSSR count). The first-order chi connectivity index (χ1) is 15.1. The summed E-state index contributed by atoms with van der Waals surface area (Å²) in [6, 6.07) is 7.37. The summed E-state index contributed by atoms with van der Waals surface area (Å²) in [6.07, 6.45) is 8.27. The molecule has 0 radical (unpaired) electrons. The highest BCUT2D eigenvalue weighted by Crippen LogP contribution is 2.29. The van der Waals surface area contributed by atoms with Crippen LogP contribution in [0.25, 0.3) is 0 Å². The molecule has 0 atom stereocenters. The summed E-state index contributed by atoms with van der Waals surface area (Å²) >= 11 is 2.82. The van der Waals surface area contributed by atoms with Crippen LogP contribution in [-0.2, 0) is 4.79 Å². The predicted octanol–water partition coefficient (Wildman–Crippen LogP) is 5.48. The van der Waals surface area contributed by atoms with Gasteiger partial charge in [-0.3, -0.25) is 14.9 Å². The Morgan fingerprint density at radius 3 is 2.61 bits per heavy atom. The number of rotatable bonds is 10. The van der Waals surface area contributed by atoms with Gasteiger partial charge in [0.25, 0.3) is 5.91 Å². The summed E-state index contributed by atoms with van der Waals surface area (Å²) in [7, 11) is 0. The molecule has 1 saturated carbocycles. The molecule has 2 amide bonds. The third kappa shape index (κ3) is 7.04. The van der Waals surface area contributed by atoms with Crippen molar-refractivity contribution in [3.05, 3.63) is 34.8 Å². The molecule has 8 heteroatoms. The van der Waals surface area contributed by atoms with E-state index >= 15 is 0 Å². The van der Waals surface area contributed by atoms with Crippen LogP contribution in [0, 0.1) is 5.92 Å². The summed E-state index contributed by atoms with van der Waals surface area (Å²) in [5, 5.41) is 15.8. The van der Waals surface area contributed by atoms with Crippen molar-refractivity contribution in [2.24, 2.45) is 5.92 Å². The Morgan fingerprint density at radius 2 is 1.87 bits per heavy atom. The van der Waals surface area contributed by atoms with Crippen LogP contribution in [0.1, 0.15) is 80.1 Å². The van der Waals surface area contributed by atoms with E-state index in [1.54, 1.807) is 6.07 Å². The number of hydrogen-bond donors (Lipinski definition) is 2. The van der Waals surface area contributed by atoms with Crippen LogP contribution in [0.15, 0.2) is 29.2 Å². The third-order valence-corrected chi connectivity index (χ3v) is 7.87. The van der Waals surface area contributed by atoms with Crippen LogP contribution in [0.3, 0.4) is 0 Å². The quantitative estimate of drug-likeness (QED) is 0.459. The highest BCUT2D eigenvalue weighted by atomic mass is 32.2. The monoisotopic (exact) mass is 460 g/mol. The van der Waals surface area contributed by atoms with Gasteiger partial charge in [0.15, 0.2) is 0 Å². The highest BCUT2D eigenvalue weighted by Gasteiger charge is 2.18. The van der Waals surface area contributed by atoms with E-state index in [-0.39, 0.29) is 11.8 Å². The second-order valence-electron chi connectivity index (χ2n) is 8.01. The molecule has 2 aromatic rings. The van der Waals surface area contributed by atoms with Crippen molar-refractivity contribution < 1.29 is 9.59 Å². The van der Waals surface area contributed by atoms with Crippen molar-refractivity contribution in [1.82, 2.24) is 15.5 Å². The number of hydrogen-bond acceptors (Lipinski definition) is 6. The minimum Gasteiger partial charge on any atom is -0.355 e. The van der Waals surface area contributed by atoms with Gasteiger partial charge in [0.2, 0.25) is 11.0 Å². The Bertz CT molecular complexity index is 861. The zero-order valence-corrected chi connectivity index (χ0v) is 20.0. The van der Waals surface area contributed by atoms with E-state index in [2.05, 4.69) is 34.7 Å². The summed E-state index contributed by atoms with van der Waals surface area (Å²) in [4.78, 5) is 25.9. The molecule has 31 heavy (non-hydrogen) atoms. The number of carbonyl (C=O) groups is 2. The van der Waals surface area contributed by atoms with Crippen LogP contribution in [0.5, 0.6) is 0 Å². The van der Waals surface area contributed by atoms with Crippen LogP contribution >= 0.6 is 23.1 Å². The molecular weight excluding hydrogens is 428 g/mol. The highest BCUT2D eigenvalue weighted by molar-refractivity contribution is 8.00. The zero-order chi connectivity index (χ0) is 22.1. The average Bonchev–Trinajstić information content (AvgIpc) is 3.26. The normalized spacial score (nSPS) is 14.5. The van der Waals surface area contributed by atoms with E-state index in [1.165, 1.54) is 55.2 Å². The van der Waals surface area contributed by atoms with Crippen LogP contribution in [0.4, 0.5) is 5.13 Å². The lowest BCUT2D eigenvalue weighted by Crippen LogP contribution is -2.31. The fourth-order valence-electron chi connectivity index (χ4n) is 3.88. The van der Waals surface area contributed by atoms with Gasteiger partial charge in [0.05, 0.1) is 11.3 Å². The van der Waals surface area contributed by atoms with E-state index in [0.29, 0.717) is 28.3 Å². The topological polar surface area (TPSA) is 84.0 Å². The molecule has 1 fully saturated rings. The van der Waals surface area contributed by atoms with Crippen LogP contribution in [-0.4, -0.2) is 34.3 Å². The van der Waals surface area contributed by atoms with E-state index < -0.39 is 0 Å². The van der Waals surface area contributed by atoms with Gasteiger partial charge in [-0.25, -0.2) is 0 Å². The number of aromatic nitrogens is 2. The lowest BCUT2D eigenvalue weighted by Gasteiger charge is -2.21. The number of nitrogens with one attached hydrogen (secondary N) is 2. The molecule has 0 spiro atoms. The van der Waals surface area contributed by atoms with Crippen LogP contribution in [0.2, 0.25) is 0 Å². The molecule has 0 bridgehead atoms. The van der Waals surface area contributed by atoms with Gasteiger partial charge in [-0.15, -0.1) is 22.0 Å². The maximum Gasteiger partial charge on any atom is 0.258 e. The van der Waals surface area contributed by atoms with E-state index in [9.17, 15) is 9.59 Å². The molecule has 1 heterocycles. The molecule has 1 aliphatic rings. The van der Waals surface area contributed by atoms with Gasteiger partial charge < -0.3 is 5.32 Å². The van der Waals surface area contributed by atoms with Crippen molar-refractivity contribution in [2.45, 2.75) is 69.6 Å². The van der Waals surface area contributed by atoms with Crippen molar-refractivity contribution in [3.63, 3.8) is 0 Å². The Hall–Kier alpha value is -1.93. The minimum atomic E-state index is -0.224. The molecule has 168 valence electrons. The molecule has 1 aliphatic carbocycles. The molecule has 0 unspecified atom stereocenters. The van der Waals surface area contributed by atoms with Crippen LogP contribution < -0.4 is 10.6 Å². The maximum atomic E-state index is 12.8. The molecule has 1 aromatic carbocycles. The fraction of sp³-hybridized carbons (Fsp3) is 0.565. The van der Waals surface area contributed by atoms with Crippen molar-refractivity contribution >= 4 is 40.0 Å². The molecule has 0 aliphatic heterocycles. The standard InChI is InChI=1S/C23H32N4O2S2/c1-3-17(4-2)22-26-27-23(31-22)25-21(29)18-12-8-9-13-19(18)30-15-20(28)24-14-16-10-6-5-7-11-16/h8-9,12-13,16-17H,3-7,10-11,14-15H2,1-2H3,(H,24,28)(H,25,27,29). The summed E-state index contributed by atoms with van der Waals surface area (Å²) in [5.74, 6) is 1.08. The van der Waals surface area contributed by atoms with Crippen molar-refractivity contribution in [3.8, 4) is 0 Å². The largest absolute Gasteiger partial charge is 0.355 e. The van der Waals surface area contributed by atoms with Crippen molar-refractivity contribution in [2.75, 3.05) is 17.6 Å². The summed E-state index contributed by atoms with van der Waals surface area (Å²) in [6.45, 7) is 5.02. The Labute approximate surface area is 193 Å². The van der Waals surface area contributed by atoms with Gasteiger partial charge in [0.1, 0.15) is 5.01 Å². The van der Waals surface area contributed by atoms with E-state index in [4.69, 9.17) is 0 Å². The number of amides is 2. The summed E-state index contributed by atoms with van der Waals surface area (Å²) < 4.78 is 0. The minimum absolute atomic E-state index is 0.0183. The second-order valence-corrected chi connectivity index (χ2v) is 10.0. The Kier molecular flexibility index (Phi) is 9.33. The molecule has 0 saturated heterocycles. The van der Waals surface area contributed by atoms with E-state index in [1.807, 2.05) is 18.2 Å². The molecule has 6 nitrogen and oxygen atoms in total. The number of anilines is 1. The second kappa shape index (κ2) is 12.2. The number of thioether (sulfide) groups is 1. The lowest BCUT2D eigenvalue weighted by molar-refractivity contribution is -0.118. The Morgan fingerprint density at radius 1 is 1.13 bits per heavy atom. The van der Waals surface area contributed by atoms with Gasteiger partial charge in [0, 0.05) is 17.4 Å². The van der Waals surface area contributed by atoms with E-state index in [0.717, 1.165) is 29.3 Å². The predicted molar refractivity (Wildman–Crippen MR) is 128 cm³/mol. The third-order valence-electron chi connectivity index (χ3n) is 5.80. The first kappa shape index (κ1) is 23.7. The number of benzene rings is 1. The first-order valence-electron chi connectivity index (χ1n) is 11.2. The maximum absolute atomic E-state index is 12.8. The lowest BCUT2D eigenvalue weighted by atomic mass is 9.89. The fourth-order valence-corrected chi connectivity index (χ4v) is 5.76. The van der Waals surface area contributed by atoms with Gasteiger partial charge in [-0.1, -0.05) is 56.6 Å². The summed E-state index contributed by atoms with van der Waals surface area (Å²) in [5.41, 5.74) is 0.548. The SMILES string of the molecule is CCC(CC)c1nnc(NC(=O)c2ccccc2SCC(=O)NCC2CCCCC2)s1. The average molecular weight is 461 g/mol. The van der Waals surface area contributed by atoms with Gasteiger partial charge >= 0.3 is 0 Å². The first-order valence-corrected chi connectivity index (χ1v) is 13.0.